The minimum Gasteiger partial charge on any atom is -0.440 e. The van der Waals surface area contributed by atoms with Gasteiger partial charge in [0.2, 0.25) is 0 Å². The van der Waals surface area contributed by atoms with Gasteiger partial charge in [-0.2, -0.15) is 0 Å². The Bertz CT molecular complexity index is 1380. The van der Waals surface area contributed by atoms with E-state index in [1.54, 1.807) is 54.6 Å². The number of amides is 2. The zero-order chi connectivity index (χ0) is 22.2. The Morgan fingerprint density at radius 3 is 2.12 bits per heavy atom. The van der Waals surface area contributed by atoms with E-state index in [1.807, 2.05) is 24.3 Å². The van der Waals surface area contributed by atoms with Gasteiger partial charge in [0.15, 0.2) is 6.73 Å². The molecule has 1 aliphatic heterocycles. The van der Waals surface area contributed by atoms with Crippen LogP contribution in [-0.2, 0) is 4.74 Å². The Balaban J connectivity index is 1.47. The smallest absolute Gasteiger partial charge is 0.340 e. The van der Waals surface area contributed by atoms with Crippen molar-refractivity contribution >= 4 is 40.3 Å². The Morgan fingerprint density at radius 1 is 0.844 bits per heavy atom. The maximum Gasteiger partial charge on any atom is 0.340 e. The highest BCUT2D eigenvalue weighted by molar-refractivity contribution is 6.33. The molecule has 3 aromatic carbocycles. The summed E-state index contributed by atoms with van der Waals surface area (Å²) in [7, 11) is 0. The van der Waals surface area contributed by atoms with E-state index in [-0.39, 0.29) is 5.56 Å². The standard InChI is InChI=1S/C25H15ClN2O4/c26-20-11-5-3-10-18(20)22-13-19(15-7-4-6-12-21(15)27-22)25(31)32-14-28-23(29)16-8-1-2-9-17(16)24(28)30/h1-13H,14H2. The lowest BCUT2D eigenvalue weighted by Gasteiger charge is -2.15. The van der Waals surface area contributed by atoms with Crippen LogP contribution in [-0.4, -0.2) is 34.4 Å². The predicted molar refractivity (Wildman–Crippen MR) is 119 cm³/mol. The quantitative estimate of drug-likeness (QED) is 0.329. The number of rotatable bonds is 4. The number of carbonyl (C=O) groups excluding carboxylic acids is 3. The summed E-state index contributed by atoms with van der Waals surface area (Å²) in [5.74, 6) is -1.65. The monoisotopic (exact) mass is 442 g/mol. The van der Waals surface area contributed by atoms with Crippen molar-refractivity contribution in [1.82, 2.24) is 9.88 Å². The van der Waals surface area contributed by atoms with Crippen molar-refractivity contribution in [2.75, 3.05) is 6.73 Å². The van der Waals surface area contributed by atoms with Crippen LogP contribution >= 0.6 is 11.6 Å². The van der Waals surface area contributed by atoms with Crippen molar-refractivity contribution < 1.29 is 19.1 Å². The van der Waals surface area contributed by atoms with E-state index in [0.29, 0.717) is 38.3 Å². The van der Waals surface area contributed by atoms with Crippen LogP contribution in [0.1, 0.15) is 31.1 Å². The van der Waals surface area contributed by atoms with Crippen LogP contribution in [0.3, 0.4) is 0 Å². The number of nitrogens with zero attached hydrogens (tertiary/aromatic N) is 2. The molecule has 32 heavy (non-hydrogen) atoms. The lowest BCUT2D eigenvalue weighted by atomic mass is 10.0. The van der Waals surface area contributed by atoms with Crippen molar-refractivity contribution in [1.29, 1.82) is 0 Å². The highest BCUT2D eigenvalue weighted by Gasteiger charge is 2.36. The molecule has 0 saturated heterocycles. The summed E-state index contributed by atoms with van der Waals surface area (Å²) in [6, 6.07) is 22.5. The first-order valence-electron chi connectivity index (χ1n) is 9.81. The lowest BCUT2D eigenvalue weighted by Crippen LogP contribution is -2.33. The van der Waals surface area contributed by atoms with Crippen molar-refractivity contribution in [2.24, 2.45) is 0 Å². The normalized spacial score (nSPS) is 12.8. The van der Waals surface area contributed by atoms with Gasteiger partial charge in [-0.1, -0.05) is 60.1 Å². The molecular formula is C25H15ClN2O4. The molecule has 0 atom stereocenters. The molecule has 2 amide bonds. The van der Waals surface area contributed by atoms with Crippen LogP contribution in [0.4, 0.5) is 0 Å². The third-order valence-electron chi connectivity index (χ3n) is 5.29. The summed E-state index contributed by atoms with van der Waals surface area (Å²) < 4.78 is 5.40. The van der Waals surface area contributed by atoms with Crippen LogP contribution in [0, 0.1) is 0 Å². The number of carbonyl (C=O) groups is 3. The lowest BCUT2D eigenvalue weighted by molar-refractivity contribution is 0.0229. The van der Waals surface area contributed by atoms with Gasteiger partial charge in [0.05, 0.1) is 27.9 Å². The van der Waals surface area contributed by atoms with Gasteiger partial charge in [0.1, 0.15) is 0 Å². The molecule has 0 radical (unpaired) electrons. The molecule has 0 unspecified atom stereocenters. The molecular weight excluding hydrogens is 428 g/mol. The third kappa shape index (κ3) is 3.31. The molecule has 6 nitrogen and oxygen atoms in total. The molecule has 156 valence electrons. The SMILES string of the molecule is O=C(OCN1C(=O)c2ccccc2C1=O)c1cc(-c2ccccc2Cl)nc2ccccc12. The minimum atomic E-state index is -0.673. The predicted octanol–water partition coefficient (Wildman–Crippen LogP) is 4.97. The molecule has 0 N–H and O–H groups in total. The van der Waals surface area contributed by atoms with Gasteiger partial charge in [0.25, 0.3) is 11.8 Å². The molecule has 0 saturated carbocycles. The number of fused-ring (bicyclic) bond motifs is 2. The van der Waals surface area contributed by atoms with Gasteiger partial charge in [-0.05, 0) is 30.3 Å². The van der Waals surface area contributed by atoms with Crippen LogP contribution in [0.15, 0.2) is 78.9 Å². The number of pyridine rings is 1. The molecule has 2 heterocycles. The number of imide groups is 1. The number of esters is 1. The first-order valence-corrected chi connectivity index (χ1v) is 10.2. The van der Waals surface area contributed by atoms with Gasteiger partial charge >= 0.3 is 5.97 Å². The fourth-order valence-corrected chi connectivity index (χ4v) is 3.94. The van der Waals surface area contributed by atoms with Crippen molar-refractivity contribution in [3.05, 3.63) is 101 Å². The average Bonchev–Trinajstić information content (AvgIpc) is 3.07. The molecule has 4 aromatic rings. The molecule has 7 heteroatoms. The number of aromatic nitrogens is 1. The molecule has 5 rings (SSSR count). The van der Waals surface area contributed by atoms with E-state index in [1.165, 1.54) is 0 Å². The molecule has 0 fully saturated rings. The Labute approximate surface area is 188 Å². The first kappa shape index (κ1) is 19.9. The van der Waals surface area contributed by atoms with Gasteiger partial charge in [-0.25, -0.2) is 14.7 Å². The summed E-state index contributed by atoms with van der Waals surface area (Å²) in [4.78, 5) is 43.7. The van der Waals surface area contributed by atoms with E-state index in [4.69, 9.17) is 16.3 Å². The van der Waals surface area contributed by atoms with Crippen molar-refractivity contribution in [3.63, 3.8) is 0 Å². The summed E-state index contributed by atoms with van der Waals surface area (Å²) in [5.41, 5.74) is 2.64. The average molecular weight is 443 g/mol. The zero-order valence-corrected chi connectivity index (χ0v) is 17.4. The number of para-hydroxylation sites is 1. The fraction of sp³-hybridized carbons (Fsp3) is 0.0400. The van der Waals surface area contributed by atoms with Crippen LogP contribution < -0.4 is 0 Å². The summed E-state index contributed by atoms with van der Waals surface area (Å²) in [6.45, 7) is -0.483. The molecule has 1 aromatic heterocycles. The number of halogens is 1. The number of hydrogen-bond donors (Lipinski definition) is 0. The maximum absolute atomic E-state index is 13.0. The highest BCUT2D eigenvalue weighted by atomic mass is 35.5. The van der Waals surface area contributed by atoms with Crippen LogP contribution in [0.25, 0.3) is 22.2 Å². The second-order valence-corrected chi connectivity index (χ2v) is 7.60. The van der Waals surface area contributed by atoms with Crippen molar-refractivity contribution in [3.8, 4) is 11.3 Å². The number of benzene rings is 3. The number of ether oxygens (including phenoxy) is 1. The first-order chi connectivity index (χ1) is 15.5. The Morgan fingerprint density at radius 2 is 1.44 bits per heavy atom. The second kappa shape index (κ2) is 7.90. The fourth-order valence-electron chi connectivity index (χ4n) is 3.71. The van der Waals surface area contributed by atoms with Gasteiger partial charge < -0.3 is 4.74 Å². The molecule has 0 bridgehead atoms. The second-order valence-electron chi connectivity index (χ2n) is 7.20. The van der Waals surface area contributed by atoms with E-state index < -0.39 is 24.5 Å². The van der Waals surface area contributed by atoms with Gasteiger partial charge in [-0.3, -0.25) is 9.59 Å². The Kier molecular flexibility index (Phi) is 4.92. The summed E-state index contributed by atoms with van der Waals surface area (Å²) in [6.07, 6.45) is 0. The number of hydrogen-bond acceptors (Lipinski definition) is 5. The summed E-state index contributed by atoms with van der Waals surface area (Å²) in [5, 5.41) is 1.09. The van der Waals surface area contributed by atoms with Gasteiger partial charge in [0, 0.05) is 16.0 Å². The van der Waals surface area contributed by atoms with E-state index in [9.17, 15) is 14.4 Å². The van der Waals surface area contributed by atoms with Crippen LogP contribution in [0.5, 0.6) is 0 Å². The van der Waals surface area contributed by atoms with E-state index >= 15 is 0 Å². The van der Waals surface area contributed by atoms with E-state index in [0.717, 1.165) is 4.90 Å². The summed E-state index contributed by atoms with van der Waals surface area (Å²) >= 11 is 6.33. The molecule has 0 aliphatic carbocycles. The third-order valence-corrected chi connectivity index (χ3v) is 5.62. The van der Waals surface area contributed by atoms with E-state index in [2.05, 4.69) is 4.98 Å². The largest absolute Gasteiger partial charge is 0.440 e. The zero-order valence-electron chi connectivity index (χ0n) is 16.6. The minimum absolute atomic E-state index is 0.266. The molecule has 0 spiro atoms. The topological polar surface area (TPSA) is 76.6 Å². The highest BCUT2D eigenvalue weighted by Crippen LogP contribution is 2.30. The molecule has 1 aliphatic rings. The Hall–Kier alpha value is -4.03. The van der Waals surface area contributed by atoms with Crippen LogP contribution in [0.2, 0.25) is 5.02 Å². The van der Waals surface area contributed by atoms with Gasteiger partial charge in [-0.15, -0.1) is 0 Å². The van der Waals surface area contributed by atoms with Crippen molar-refractivity contribution in [2.45, 2.75) is 0 Å². The maximum atomic E-state index is 13.0.